The molecule has 2 rings (SSSR count). The zero-order valence-electron chi connectivity index (χ0n) is 9.41. The van der Waals surface area contributed by atoms with Gasteiger partial charge in [0.15, 0.2) is 0 Å². The summed E-state index contributed by atoms with van der Waals surface area (Å²) >= 11 is 2.20. The minimum atomic E-state index is -0.0655. The van der Waals surface area contributed by atoms with Crippen molar-refractivity contribution in [3.8, 4) is 0 Å². The second-order valence-electron chi connectivity index (χ2n) is 3.76. The first kappa shape index (κ1) is 12.1. The maximum atomic E-state index is 12.1. The number of aryl methyl sites for hydroxylation is 1. The SMILES string of the molecule is Cc1cccc(C(=O)Nc2ccccc2)c1I. The van der Waals surface area contributed by atoms with Gasteiger partial charge in [0.05, 0.1) is 5.56 Å². The van der Waals surface area contributed by atoms with Crippen LogP contribution in [0.3, 0.4) is 0 Å². The molecule has 0 aromatic heterocycles. The standard InChI is InChI=1S/C14H12INO/c1-10-6-5-9-12(13(10)15)14(17)16-11-7-3-2-4-8-11/h2-9H,1H3,(H,16,17). The fourth-order valence-corrected chi connectivity index (χ4v) is 2.15. The average Bonchev–Trinajstić information content (AvgIpc) is 2.34. The van der Waals surface area contributed by atoms with Gasteiger partial charge in [-0.15, -0.1) is 0 Å². The number of rotatable bonds is 2. The predicted octanol–water partition coefficient (Wildman–Crippen LogP) is 3.85. The number of benzene rings is 2. The van der Waals surface area contributed by atoms with E-state index in [2.05, 4.69) is 27.9 Å². The van der Waals surface area contributed by atoms with Crippen LogP contribution in [0.15, 0.2) is 48.5 Å². The Morgan fingerprint density at radius 3 is 2.47 bits per heavy atom. The first-order valence-electron chi connectivity index (χ1n) is 5.30. The van der Waals surface area contributed by atoms with Crippen LogP contribution in [0.1, 0.15) is 15.9 Å². The Kier molecular flexibility index (Phi) is 3.78. The van der Waals surface area contributed by atoms with E-state index in [0.717, 1.165) is 20.4 Å². The van der Waals surface area contributed by atoms with Crippen LogP contribution in [0.4, 0.5) is 5.69 Å². The Morgan fingerprint density at radius 2 is 1.76 bits per heavy atom. The van der Waals surface area contributed by atoms with Gasteiger partial charge in [-0.25, -0.2) is 0 Å². The van der Waals surface area contributed by atoms with Crippen molar-refractivity contribution in [3.63, 3.8) is 0 Å². The molecule has 0 radical (unpaired) electrons. The second-order valence-corrected chi connectivity index (χ2v) is 4.84. The van der Waals surface area contributed by atoms with E-state index in [0.29, 0.717) is 0 Å². The largest absolute Gasteiger partial charge is 0.322 e. The number of para-hydroxylation sites is 1. The molecular weight excluding hydrogens is 325 g/mol. The highest BCUT2D eigenvalue weighted by atomic mass is 127. The topological polar surface area (TPSA) is 29.1 Å². The van der Waals surface area contributed by atoms with Gasteiger partial charge < -0.3 is 5.32 Å². The first-order chi connectivity index (χ1) is 8.18. The summed E-state index contributed by atoms with van der Waals surface area (Å²) in [6.45, 7) is 2.00. The van der Waals surface area contributed by atoms with E-state index in [1.54, 1.807) is 0 Å². The minimum absolute atomic E-state index is 0.0655. The normalized spacial score (nSPS) is 10.0. The molecule has 0 bridgehead atoms. The highest BCUT2D eigenvalue weighted by molar-refractivity contribution is 14.1. The molecule has 3 heteroatoms. The van der Waals surface area contributed by atoms with Crippen molar-refractivity contribution in [3.05, 3.63) is 63.2 Å². The van der Waals surface area contributed by atoms with Crippen LogP contribution in [-0.2, 0) is 0 Å². The van der Waals surface area contributed by atoms with Crippen LogP contribution in [-0.4, -0.2) is 5.91 Å². The van der Waals surface area contributed by atoms with Gasteiger partial charge in [0, 0.05) is 9.26 Å². The molecule has 0 saturated carbocycles. The summed E-state index contributed by atoms with van der Waals surface area (Å²) in [6, 6.07) is 15.2. The van der Waals surface area contributed by atoms with Crippen LogP contribution in [0, 0.1) is 10.5 Å². The van der Waals surface area contributed by atoms with Gasteiger partial charge in [0.2, 0.25) is 0 Å². The maximum Gasteiger partial charge on any atom is 0.256 e. The zero-order chi connectivity index (χ0) is 12.3. The van der Waals surface area contributed by atoms with E-state index in [4.69, 9.17) is 0 Å². The summed E-state index contributed by atoms with van der Waals surface area (Å²) in [6.07, 6.45) is 0. The molecule has 2 nitrogen and oxygen atoms in total. The van der Waals surface area contributed by atoms with Gasteiger partial charge >= 0.3 is 0 Å². The summed E-state index contributed by atoms with van der Waals surface area (Å²) in [5.41, 5.74) is 2.65. The third kappa shape index (κ3) is 2.85. The van der Waals surface area contributed by atoms with Crippen molar-refractivity contribution in [2.75, 3.05) is 5.32 Å². The smallest absolute Gasteiger partial charge is 0.256 e. The second kappa shape index (κ2) is 5.31. The molecule has 2 aromatic carbocycles. The molecule has 0 saturated heterocycles. The van der Waals surface area contributed by atoms with E-state index >= 15 is 0 Å². The molecule has 1 amide bonds. The fourth-order valence-electron chi connectivity index (χ4n) is 1.54. The summed E-state index contributed by atoms with van der Waals surface area (Å²) < 4.78 is 0.999. The molecular formula is C14H12INO. The lowest BCUT2D eigenvalue weighted by Gasteiger charge is -2.08. The van der Waals surface area contributed by atoms with Crippen LogP contribution in [0.5, 0.6) is 0 Å². The molecule has 2 aromatic rings. The van der Waals surface area contributed by atoms with E-state index in [1.807, 2.05) is 55.5 Å². The Labute approximate surface area is 114 Å². The Balaban J connectivity index is 2.24. The minimum Gasteiger partial charge on any atom is -0.322 e. The molecule has 1 N–H and O–H groups in total. The summed E-state index contributed by atoms with van der Waals surface area (Å²) in [5, 5.41) is 2.88. The van der Waals surface area contributed by atoms with Crippen molar-refractivity contribution >= 4 is 34.2 Å². The van der Waals surface area contributed by atoms with E-state index in [-0.39, 0.29) is 5.91 Å². The number of carbonyl (C=O) groups excluding carboxylic acids is 1. The number of carbonyl (C=O) groups is 1. The lowest BCUT2D eigenvalue weighted by Crippen LogP contribution is -2.13. The molecule has 0 unspecified atom stereocenters. The molecule has 0 heterocycles. The summed E-state index contributed by atoms with van der Waals surface area (Å²) in [5.74, 6) is -0.0655. The van der Waals surface area contributed by atoms with Crippen LogP contribution in [0.2, 0.25) is 0 Å². The lowest BCUT2D eigenvalue weighted by atomic mass is 10.1. The molecule has 17 heavy (non-hydrogen) atoms. The highest BCUT2D eigenvalue weighted by Crippen LogP contribution is 2.18. The molecule has 86 valence electrons. The fraction of sp³-hybridized carbons (Fsp3) is 0.0714. The molecule has 0 fully saturated rings. The third-order valence-electron chi connectivity index (χ3n) is 2.47. The van der Waals surface area contributed by atoms with Crippen molar-refractivity contribution in [2.45, 2.75) is 6.92 Å². The first-order valence-corrected chi connectivity index (χ1v) is 6.38. The van der Waals surface area contributed by atoms with Crippen LogP contribution in [0.25, 0.3) is 0 Å². The molecule has 0 atom stereocenters. The lowest BCUT2D eigenvalue weighted by molar-refractivity contribution is 0.102. The van der Waals surface area contributed by atoms with Gasteiger partial charge in [-0.05, 0) is 53.3 Å². The maximum absolute atomic E-state index is 12.1. The monoisotopic (exact) mass is 337 g/mol. The zero-order valence-corrected chi connectivity index (χ0v) is 11.6. The number of nitrogens with one attached hydrogen (secondary N) is 1. The van der Waals surface area contributed by atoms with E-state index in [1.165, 1.54) is 0 Å². The van der Waals surface area contributed by atoms with Gasteiger partial charge in [0.1, 0.15) is 0 Å². The predicted molar refractivity (Wildman–Crippen MR) is 78.3 cm³/mol. The number of hydrogen-bond donors (Lipinski definition) is 1. The Hall–Kier alpha value is -1.36. The van der Waals surface area contributed by atoms with Crippen molar-refractivity contribution in [1.82, 2.24) is 0 Å². The molecule has 0 aliphatic heterocycles. The number of anilines is 1. The highest BCUT2D eigenvalue weighted by Gasteiger charge is 2.10. The Bertz CT molecular complexity index is 537. The van der Waals surface area contributed by atoms with Crippen molar-refractivity contribution < 1.29 is 4.79 Å². The summed E-state index contributed by atoms with van der Waals surface area (Å²) in [4.78, 5) is 12.1. The molecule has 0 spiro atoms. The quantitative estimate of drug-likeness (QED) is 0.829. The molecule has 0 aliphatic carbocycles. The number of hydrogen-bond acceptors (Lipinski definition) is 1. The van der Waals surface area contributed by atoms with Crippen LogP contribution >= 0.6 is 22.6 Å². The average molecular weight is 337 g/mol. The van der Waals surface area contributed by atoms with Gasteiger partial charge in [-0.2, -0.15) is 0 Å². The number of amides is 1. The van der Waals surface area contributed by atoms with Gasteiger partial charge in [-0.1, -0.05) is 30.3 Å². The van der Waals surface area contributed by atoms with Gasteiger partial charge in [0.25, 0.3) is 5.91 Å². The summed E-state index contributed by atoms with van der Waals surface area (Å²) in [7, 11) is 0. The van der Waals surface area contributed by atoms with Crippen molar-refractivity contribution in [2.24, 2.45) is 0 Å². The van der Waals surface area contributed by atoms with E-state index < -0.39 is 0 Å². The van der Waals surface area contributed by atoms with Crippen LogP contribution < -0.4 is 5.32 Å². The Morgan fingerprint density at radius 1 is 1.06 bits per heavy atom. The van der Waals surface area contributed by atoms with E-state index in [9.17, 15) is 4.79 Å². The number of halogens is 1. The van der Waals surface area contributed by atoms with Crippen molar-refractivity contribution in [1.29, 1.82) is 0 Å². The molecule has 0 aliphatic rings. The van der Waals surface area contributed by atoms with Gasteiger partial charge in [-0.3, -0.25) is 4.79 Å². The third-order valence-corrected chi connectivity index (χ3v) is 3.90.